The molecule has 54 valence electrons. The average Bonchev–Trinajstić information content (AvgIpc) is 2.41. The van der Waals surface area contributed by atoms with Crippen molar-refractivity contribution in [2.75, 3.05) is 6.54 Å². The van der Waals surface area contributed by atoms with Gasteiger partial charge in [-0.3, -0.25) is 4.99 Å². The standard InChI is InChI=1S/C9H13N/c1-2-3-4-6-9-7-5-8-10-9/h1H,3-8H2. The molecular formula is C9H13N. The van der Waals surface area contributed by atoms with Crippen LogP contribution in [0.25, 0.3) is 0 Å². The molecule has 0 aromatic heterocycles. The minimum absolute atomic E-state index is 0.902. The van der Waals surface area contributed by atoms with Crippen molar-refractivity contribution in [1.82, 2.24) is 0 Å². The Labute approximate surface area is 62.5 Å². The van der Waals surface area contributed by atoms with Crippen molar-refractivity contribution in [3.05, 3.63) is 0 Å². The highest BCUT2D eigenvalue weighted by Crippen LogP contribution is 2.09. The molecule has 0 saturated carbocycles. The van der Waals surface area contributed by atoms with Gasteiger partial charge >= 0.3 is 0 Å². The second kappa shape index (κ2) is 4.11. The Kier molecular flexibility index (Phi) is 3.02. The Hall–Kier alpha value is -0.770. The van der Waals surface area contributed by atoms with Crippen LogP contribution in [0.2, 0.25) is 0 Å². The molecule has 0 saturated heterocycles. The maximum Gasteiger partial charge on any atom is 0.0392 e. The number of rotatable bonds is 3. The van der Waals surface area contributed by atoms with Gasteiger partial charge in [-0.25, -0.2) is 0 Å². The zero-order valence-electron chi connectivity index (χ0n) is 6.27. The number of nitrogens with zero attached hydrogens (tertiary/aromatic N) is 1. The molecule has 0 bridgehead atoms. The van der Waals surface area contributed by atoms with Gasteiger partial charge in [-0.15, -0.1) is 12.3 Å². The van der Waals surface area contributed by atoms with Crippen LogP contribution in [0.3, 0.4) is 0 Å². The summed E-state index contributed by atoms with van der Waals surface area (Å²) in [4.78, 5) is 4.36. The molecule has 1 heteroatoms. The molecular weight excluding hydrogens is 122 g/mol. The molecule has 1 nitrogen and oxygen atoms in total. The van der Waals surface area contributed by atoms with E-state index in [4.69, 9.17) is 6.42 Å². The van der Waals surface area contributed by atoms with Gasteiger partial charge in [-0.05, 0) is 25.7 Å². The van der Waals surface area contributed by atoms with E-state index in [0.29, 0.717) is 0 Å². The fourth-order valence-corrected chi connectivity index (χ4v) is 1.20. The Morgan fingerprint density at radius 3 is 3.10 bits per heavy atom. The number of terminal acetylenes is 1. The molecule has 0 atom stereocenters. The van der Waals surface area contributed by atoms with Gasteiger partial charge in [-0.1, -0.05) is 0 Å². The van der Waals surface area contributed by atoms with Crippen LogP contribution in [0.1, 0.15) is 32.1 Å². The maximum absolute atomic E-state index is 5.12. The normalized spacial score (nSPS) is 16.5. The fraction of sp³-hybridized carbons (Fsp3) is 0.667. The fourth-order valence-electron chi connectivity index (χ4n) is 1.20. The molecule has 0 aromatic rings. The topological polar surface area (TPSA) is 12.4 Å². The molecule has 1 aliphatic heterocycles. The van der Waals surface area contributed by atoms with Crippen molar-refractivity contribution in [2.24, 2.45) is 4.99 Å². The van der Waals surface area contributed by atoms with Gasteiger partial charge in [0.15, 0.2) is 0 Å². The first-order valence-electron chi connectivity index (χ1n) is 3.89. The third kappa shape index (κ3) is 2.23. The zero-order chi connectivity index (χ0) is 7.23. The van der Waals surface area contributed by atoms with E-state index in [1.165, 1.54) is 18.6 Å². The molecule has 0 unspecified atom stereocenters. The molecule has 1 heterocycles. The third-order valence-electron chi connectivity index (χ3n) is 1.75. The van der Waals surface area contributed by atoms with Gasteiger partial charge < -0.3 is 0 Å². The minimum atomic E-state index is 0.902. The lowest BCUT2D eigenvalue weighted by atomic mass is 10.1. The smallest absolute Gasteiger partial charge is 0.0392 e. The summed E-state index contributed by atoms with van der Waals surface area (Å²) in [5.41, 5.74) is 1.38. The van der Waals surface area contributed by atoms with Crippen LogP contribution < -0.4 is 0 Å². The summed E-state index contributed by atoms with van der Waals surface area (Å²) < 4.78 is 0. The summed E-state index contributed by atoms with van der Waals surface area (Å²) >= 11 is 0. The van der Waals surface area contributed by atoms with Crippen LogP contribution in [-0.4, -0.2) is 12.3 Å². The predicted octanol–water partition coefficient (Wildman–Crippen LogP) is 2.02. The van der Waals surface area contributed by atoms with Crippen molar-refractivity contribution in [3.63, 3.8) is 0 Å². The van der Waals surface area contributed by atoms with Gasteiger partial charge in [0.05, 0.1) is 0 Å². The van der Waals surface area contributed by atoms with Crippen LogP contribution >= 0.6 is 0 Å². The number of unbranched alkanes of at least 4 members (excludes halogenated alkanes) is 1. The second-order valence-electron chi connectivity index (χ2n) is 2.61. The Morgan fingerprint density at radius 1 is 1.60 bits per heavy atom. The van der Waals surface area contributed by atoms with Crippen LogP contribution in [0.4, 0.5) is 0 Å². The molecule has 0 N–H and O–H groups in total. The second-order valence-corrected chi connectivity index (χ2v) is 2.61. The van der Waals surface area contributed by atoms with E-state index in [1.54, 1.807) is 0 Å². The molecule has 0 radical (unpaired) electrons. The molecule has 0 aliphatic carbocycles. The van der Waals surface area contributed by atoms with Crippen molar-refractivity contribution >= 4 is 5.71 Å². The highest BCUT2D eigenvalue weighted by molar-refractivity contribution is 5.85. The maximum atomic E-state index is 5.12. The first-order valence-corrected chi connectivity index (χ1v) is 3.89. The van der Waals surface area contributed by atoms with Crippen LogP contribution in [-0.2, 0) is 0 Å². The molecule has 0 fully saturated rings. The Bertz CT molecular complexity index is 162. The van der Waals surface area contributed by atoms with E-state index in [2.05, 4.69) is 10.9 Å². The highest BCUT2D eigenvalue weighted by Gasteiger charge is 2.04. The molecule has 0 amide bonds. The van der Waals surface area contributed by atoms with Gasteiger partial charge in [0.1, 0.15) is 0 Å². The summed E-state index contributed by atoms with van der Waals surface area (Å²) in [5.74, 6) is 2.64. The van der Waals surface area contributed by atoms with Crippen molar-refractivity contribution < 1.29 is 0 Å². The molecule has 0 aromatic carbocycles. The van der Waals surface area contributed by atoms with E-state index in [1.807, 2.05) is 0 Å². The lowest BCUT2D eigenvalue weighted by Crippen LogP contribution is -1.91. The Balaban J connectivity index is 2.08. The van der Waals surface area contributed by atoms with Crippen molar-refractivity contribution in [3.8, 4) is 12.3 Å². The summed E-state index contributed by atoms with van der Waals surface area (Å²) in [6, 6.07) is 0. The summed E-state index contributed by atoms with van der Waals surface area (Å²) in [7, 11) is 0. The molecule has 0 spiro atoms. The van der Waals surface area contributed by atoms with Gasteiger partial charge in [0, 0.05) is 18.7 Å². The number of hydrogen-bond donors (Lipinski definition) is 0. The molecule has 10 heavy (non-hydrogen) atoms. The van der Waals surface area contributed by atoms with Crippen molar-refractivity contribution in [2.45, 2.75) is 32.1 Å². The minimum Gasteiger partial charge on any atom is -0.294 e. The summed E-state index contributed by atoms with van der Waals surface area (Å²) in [5, 5.41) is 0. The van der Waals surface area contributed by atoms with Crippen LogP contribution in [0.5, 0.6) is 0 Å². The zero-order valence-corrected chi connectivity index (χ0v) is 6.27. The van der Waals surface area contributed by atoms with Crippen molar-refractivity contribution in [1.29, 1.82) is 0 Å². The monoisotopic (exact) mass is 135 g/mol. The largest absolute Gasteiger partial charge is 0.294 e. The lowest BCUT2D eigenvalue weighted by Gasteiger charge is -1.94. The highest BCUT2D eigenvalue weighted by atomic mass is 14.8. The predicted molar refractivity (Wildman–Crippen MR) is 44.2 cm³/mol. The van der Waals surface area contributed by atoms with E-state index in [-0.39, 0.29) is 0 Å². The van der Waals surface area contributed by atoms with Gasteiger partial charge in [0.2, 0.25) is 0 Å². The van der Waals surface area contributed by atoms with E-state index in [9.17, 15) is 0 Å². The van der Waals surface area contributed by atoms with Gasteiger partial charge in [-0.2, -0.15) is 0 Å². The quantitative estimate of drug-likeness (QED) is 0.414. The van der Waals surface area contributed by atoms with Crippen LogP contribution in [0.15, 0.2) is 4.99 Å². The van der Waals surface area contributed by atoms with E-state index < -0.39 is 0 Å². The molecule has 1 rings (SSSR count). The summed E-state index contributed by atoms with van der Waals surface area (Å²) in [6.45, 7) is 1.05. The third-order valence-corrected chi connectivity index (χ3v) is 1.75. The number of aliphatic imine (C=N–C) groups is 1. The average molecular weight is 135 g/mol. The van der Waals surface area contributed by atoms with Crippen LogP contribution in [0, 0.1) is 12.3 Å². The summed E-state index contributed by atoms with van der Waals surface area (Å²) in [6.07, 6.45) is 10.7. The van der Waals surface area contributed by atoms with Gasteiger partial charge in [0.25, 0.3) is 0 Å². The number of hydrogen-bond acceptors (Lipinski definition) is 1. The Morgan fingerprint density at radius 2 is 2.50 bits per heavy atom. The lowest BCUT2D eigenvalue weighted by molar-refractivity contribution is 0.896. The SMILES string of the molecule is C#CCCCC1=NCCC1. The van der Waals surface area contributed by atoms with E-state index >= 15 is 0 Å². The molecule has 1 aliphatic rings. The first-order chi connectivity index (χ1) is 4.93. The van der Waals surface area contributed by atoms with E-state index in [0.717, 1.165) is 25.8 Å². The first kappa shape index (κ1) is 7.34.